The van der Waals surface area contributed by atoms with Crippen LogP contribution in [0.5, 0.6) is 0 Å². The van der Waals surface area contributed by atoms with Crippen LogP contribution in [0.15, 0.2) is 24.3 Å². The minimum Gasteiger partial charge on any atom is -0.381 e. The van der Waals surface area contributed by atoms with Crippen molar-refractivity contribution in [1.82, 2.24) is 0 Å². The lowest BCUT2D eigenvalue weighted by Gasteiger charge is -2.17. The summed E-state index contributed by atoms with van der Waals surface area (Å²) in [6.45, 7) is 6.16. The van der Waals surface area contributed by atoms with E-state index in [4.69, 9.17) is 10.5 Å². The minimum atomic E-state index is 0.238. The minimum absolute atomic E-state index is 0.238. The quantitative estimate of drug-likeness (QED) is 0.868. The van der Waals surface area contributed by atoms with Gasteiger partial charge in [-0.05, 0) is 35.8 Å². The molecule has 17 heavy (non-hydrogen) atoms. The lowest BCUT2D eigenvalue weighted by Crippen LogP contribution is -2.32. The molecule has 1 aromatic rings. The summed E-state index contributed by atoms with van der Waals surface area (Å²) in [7, 11) is 0. The summed E-state index contributed by atoms with van der Waals surface area (Å²) in [5, 5.41) is 0. The van der Waals surface area contributed by atoms with Crippen LogP contribution in [0.2, 0.25) is 0 Å². The standard InChI is InChI=1S/C15H23NO/c1-11(2)13-5-3-12(4-6-13)9-15(16)14-7-8-17-10-14/h3-6,11,14-15H,7-10,16H2,1-2H3. The molecular formula is C15H23NO. The summed E-state index contributed by atoms with van der Waals surface area (Å²) >= 11 is 0. The molecule has 2 unspecified atom stereocenters. The zero-order chi connectivity index (χ0) is 12.3. The largest absolute Gasteiger partial charge is 0.381 e. The Hall–Kier alpha value is -0.860. The molecule has 1 aliphatic rings. The number of benzene rings is 1. The Morgan fingerprint density at radius 3 is 2.53 bits per heavy atom. The maximum Gasteiger partial charge on any atom is 0.0510 e. The molecule has 0 aliphatic carbocycles. The van der Waals surface area contributed by atoms with Crippen LogP contribution in [0.4, 0.5) is 0 Å². The Morgan fingerprint density at radius 2 is 2.00 bits per heavy atom. The van der Waals surface area contributed by atoms with Gasteiger partial charge in [0.05, 0.1) is 6.61 Å². The summed E-state index contributed by atoms with van der Waals surface area (Å²) in [4.78, 5) is 0. The van der Waals surface area contributed by atoms with Gasteiger partial charge in [-0.3, -0.25) is 0 Å². The fourth-order valence-electron chi connectivity index (χ4n) is 2.37. The highest BCUT2D eigenvalue weighted by Gasteiger charge is 2.22. The van der Waals surface area contributed by atoms with E-state index in [2.05, 4.69) is 38.1 Å². The normalized spacial score (nSPS) is 22.0. The average molecular weight is 233 g/mol. The molecule has 1 saturated heterocycles. The van der Waals surface area contributed by atoms with Gasteiger partial charge in [-0.1, -0.05) is 38.1 Å². The van der Waals surface area contributed by atoms with Crippen molar-refractivity contribution in [3.05, 3.63) is 35.4 Å². The number of hydrogen-bond donors (Lipinski definition) is 1. The zero-order valence-corrected chi connectivity index (χ0v) is 10.9. The van der Waals surface area contributed by atoms with Crippen molar-refractivity contribution < 1.29 is 4.74 Å². The van der Waals surface area contributed by atoms with E-state index in [-0.39, 0.29) is 6.04 Å². The van der Waals surface area contributed by atoms with Gasteiger partial charge in [0.15, 0.2) is 0 Å². The van der Waals surface area contributed by atoms with E-state index in [0.717, 1.165) is 26.1 Å². The van der Waals surface area contributed by atoms with Crippen LogP contribution < -0.4 is 5.73 Å². The molecule has 1 aromatic carbocycles. The first-order valence-electron chi connectivity index (χ1n) is 6.59. The Balaban J connectivity index is 1.93. The first-order chi connectivity index (χ1) is 8.16. The fourth-order valence-corrected chi connectivity index (χ4v) is 2.37. The van der Waals surface area contributed by atoms with E-state index in [1.54, 1.807) is 0 Å². The second kappa shape index (κ2) is 5.65. The van der Waals surface area contributed by atoms with E-state index < -0.39 is 0 Å². The predicted molar refractivity (Wildman–Crippen MR) is 71.1 cm³/mol. The number of ether oxygens (including phenoxy) is 1. The van der Waals surface area contributed by atoms with Crippen LogP contribution in [-0.2, 0) is 11.2 Å². The highest BCUT2D eigenvalue weighted by molar-refractivity contribution is 5.25. The molecule has 0 amide bonds. The van der Waals surface area contributed by atoms with E-state index >= 15 is 0 Å². The van der Waals surface area contributed by atoms with Crippen LogP contribution in [0.1, 0.15) is 37.3 Å². The van der Waals surface area contributed by atoms with Crippen molar-refractivity contribution in [2.75, 3.05) is 13.2 Å². The smallest absolute Gasteiger partial charge is 0.0510 e. The van der Waals surface area contributed by atoms with E-state index in [9.17, 15) is 0 Å². The number of nitrogens with two attached hydrogens (primary N) is 1. The molecule has 1 fully saturated rings. The van der Waals surface area contributed by atoms with Crippen molar-refractivity contribution in [2.24, 2.45) is 11.7 Å². The van der Waals surface area contributed by atoms with E-state index in [1.165, 1.54) is 11.1 Å². The molecule has 1 heterocycles. The molecular weight excluding hydrogens is 210 g/mol. The molecule has 0 aromatic heterocycles. The maximum atomic E-state index is 6.23. The van der Waals surface area contributed by atoms with Gasteiger partial charge in [-0.15, -0.1) is 0 Å². The van der Waals surface area contributed by atoms with Gasteiger partial charge in [0.1, 0.15) is 0 Å². The summed E-state index contributed by atoms with van der Waals surface area (Å²) in [6.07, 6.45) is 2.08. The molecule has 2 heteroatoms. The van der Waals surface area contributed by atoms with Crippen molar-refractivity contribution in [2.45, 2.75) is 38.6 Å². The van der Waals surface area contributed by atoms with Crippen molar-refractivity contribution >= 4 is 0 Å². The van der Waals surface area contributed by atoms with Crippen LogP contribution in [0, 0.1) is 5.92 Å². The van der Waals surface area contributed by atoms with Gasteiger partial charge in [0.2, 0.25) is 0 Å². The van der Waals surface area contributed by atoms with E-state index in [1.807, 2.05) is 0 Å². The Kier molecular flexibility index (Phi) is 4.19. The molecule has 0 radical (unpaired) electrons. The van der Waals surface area contributed by atoms with Gasteiger partial charge >= 0.3 is 0 Å². The number of rotatable bonds is 4. The molecule has 94 valence electrons. The highest BCUT2D eigenvalue weighted by atomic mass is 16.5. The molecule has 2 rings (SSSR count). The average Bonchev–Trinajstić information content (AvgIpc) is 2.83. The second-order valence-electron chi connectivity index (χ2n) is 5.39. The van der Waals surface area contributed by atoms with Crippen molar-refractivity contribution in [3.63, 3.8) is 0 Å². The van der Waals surface area contributed by atoms with Crippen LogP contribution in [0.25, 0.3) is 0 Å². The van der Waals surface area contributed by atoms with Crippen molar-refractivity contribution in [1.29, 1.82) is 0 Å². The van der Waals surface area contributed by atoms with E-state index in [0.29, 0.717) is 11.8 Å². The van der Waals surface area contributed by atoms with Crippen LogP contribution >= 0.6 is 0 Å². The first-order valence-corrected chi connectivity index (χ1v) is 6.59. The summed E-state index contributed by atoms with van der Waals surface area (Å²) < 4.78 is 5.39. The molecule has 1 aliphatic heterocycles. The van der Waals surface area contributed by atoms with Gasteiger partial charge in [-0.25, -0.2) is 0 Å². The Labute approximate surface area is 104 Å². The Morgan fingerprint density at radius 1 is 1.29 bits per heavy atom. The van der Waals surface area contributed by atoms with Gasteiger partial charge < -0.3 is 10.5 Å². The summed E-state index contributed by atoms with van der Waals surface area (Å²) in [5.41, 5.74) is 8.97. The lowest BCUT2D eigenvalue weighted by molar-refractivity contribution is 0.180. The molecule has 0 spiro atoms. The maximum absolute atomic E-state index is 6.23. The molecule has 2 N–H and O–H groups in total. The lowest BCUT2D eigenvalue weighted by atomic mass is 9.92. The second-order valence-corrected chi connectivity index (χ2v) is 5.39. The monoisotopic (exact) mass is 233 g/mol. The van der Waals surface area contributed by atoms with Crippen LogP contribution in [-0.4, -0.2) is 19.3 Å². The van der Waals surface area contributed by atoms with Gasteiger partial charge in [0, 0.05) is 12.6 Å². The molecule has 0 bridgehead atoms. The summed E-state index contributed by atoms with van der Waals surface area (Å²) in [5.74, 6) is 1.14. The van der Waals surface area contributed by atoms with Gasteiger partial charge in [-0.2, -0.15) is 0 Å². The Bertz CT molecular complexity index is 338. The summed E-state index contributed by atoms with van der Waals surface area (Å²) in [6, 6.07) is 9.11. The number of hydrogen-bond acceptors (Lipinski definition) is 2. The first kappa shape index (κ1) is 12.6. The van der Waals surface area contributed by atoms with Crippen LogP contribution in [0.3, 0.4) is 0 Å². The molecule has 2 nitrogen and oxygen atoms in total. The zero-order valence-electron chi connectivity index (χ0n) is 10.9. The van der Waals surface area contributed by atoms with Crippen molar-refractivity contribution in [3.8, 4) is 0 Å². The molecule has 0 saturated carbocycles. The third-order valence-corrected chi connectivity index (χ3v) is 3.69. The third-order valence-electron chi connectivity index (χ3n) is 3.69. The van der Waals surface area contributed by atoms with Gasteiger partial charge in [0.25, 0.3) is 0 Å². The SMILES string of the molecule is CC(C)c1ccc(CC(N)C2CCOC2)cc1. The fraction of sp³-hybridized carbons (Fsp3) is 0.600. The molecule has 2 atom stereocenters. The predicted octanol–water partition coefficient (Wildman–Crippen LogP) is 2.72. The topological polar surface area (TPSA) is 35.2 Å². The third kappa shape index (κ3) is 3.30. The highest BCUT2D eigenvalue weighted by Crippen LogP contribution is 2.20.